The Morgan fingerprint density at radius 1 is 1.20 bits per heavy atom. The van der Waals surface area contributed by atoms with Crippen molar-refractivity contribution in [2.45, 2.75) is 19.3 Å². The lowest BCUT2D eigenvalue weighted by Gasteiger charge is -1.97. The van der Waals surface area contributed by atoms with Crippen LogP contribution in [0.5, 0.6) is 0 Å². The van der Waals surface area contributed by atoms with Gasteiger partial charge in [0, 0.05) is 23.8 Å². The topological polar surface area (TPSA) is 67.3 Å². The van der Waals surface area contributed by atoms with Gasteiger partial charge < -0.3 is 5.11 Å². The van der Waals surface area contributed by atoms with Gasteiger partial charge in [-0.3, -0.25) is 9.59 Å². The van der Waals surface area contributed by atoms with Crippen molar-refractivity contribution in [1.82, 2.24) is 4.98 Å². The van der Waals surface area contributed by atoms with Crippen LogP contribution in [0, 0.1) is 5.82 Å². The molecule has 20 heavy (non-hydrogen) atoms. The predicted octanol–water partition coefficient (Wildman–Crippen LogP) is 2.93. The molecule has 6 heteroatoms. The molecular weight excluding hydrogens is 281 g/mol. The van der Waals surface area contributed by atoms with Gasteiger partial charge in [0.2, 0.25) is 0 Å². The van der Waals surface area contributed by atoms with E-state index in [1.165, 1.54) is 23.5 Å². The third-order valence-corrected chi connectivity index (χ3v) is 3.58. The Bertz CT molecular complexity index is 622. The van der Waals surface area contributed by atoms with Crippen LogP contribution in [0.25, 0.3) is 10.6 Å². The summed E-state index contributed by atoms with van der Waals surface area (Å²) in [6.45, 7) is 0. The number of aliphatic carboxylic acids is 1. The highest BCUT2D eigenvalue weighted by atomic mass is 32.1. The zero-order valence-corrected chi connectivity index (χ0v) is 11.3. The van der Waals surface area contributed by atoms with Gasteiger partial charge in [0.1, 0.15) is 16.6 Å². The Labute approximate surface area is 118 Å². The average Bonchev–Trinajstić information content (AvgIpc) is 2.85. The molecule has 2 rings (SSSR count). The van der Waals surface area contributed by atoms with Crippen molar-refractivity contribution in [3.8, 4) is 10.6 Å². The SMILES string of the molecule is O=C(O)CCC(=O)Cc1csc(-c2ccc(F)cc2)n1. The summed E-state index contributed by atoms with van der Waals surface area (Å²) in [7, 11) is 0. The molecule has 1 heterocycles. The van der Waals surface area contributed by atoms with Crippen molar-refractivity contribution in [3.63, 3.8) is 0 Å². The summed E-state index contributed by atoms with van der Waals surface area (Å²) in [5.41, 5.74) is 1.41. The Hall–Kier alpha value is -2.08. The van der Waals surface area contributed by atoms with Crippen LogP contribution < -0.4 is 0 Å². The van der Waals surface area contributed by atoms with Gasteiger partial charge in [-0.1, -0.05) is 0 Å². The molecule has 0 fully saturated rings. The van der Waals surface area contributed by atoms with Crippen LogP contribution in [-0.4, -0.2) is 21.8 Å². The number of aromatic nitrogens is 1. The number of carboxylic acids is 1. The lowest BCUT2D eigenvalue weighted by Crippen LogP contribution is -2.06. The Balaban J connectivity index is 2.00. The number of carbonyl (C=O) groups excluding carboxylic acids is 1. The number of carboxylic acid groups (broad SMARTS) is 1. The maximum absolute atomic E-state index is 12.8. The van der Waals surface area contributed by atoms with Crippen LogP contribution in [0.15, 0.2) is 29.6 Å². The smallest absolute Gasteiger partial charge is 0.303 e. The first-order chi connectivity index (χ1) is 9.54. The number of halogens is 1. The van der Waals surface area contributed by atoms with Crippen molar-refractivity contribution in [1.29, 1.82) is 0 Å². The van der Waals surface area contributed by atoms with E-state index < -0.39 is 5.97 Å². The third kappa shape index (κ3) is 3.96. The van der Waals surface area contributed by atoms with E-state index in [-0.39, 0.29) is 30.9 Å². The number of carbonyl (C=O) groups is 2. The molecule has 0 atom stereocenters. The number of Topliss-reactive ketones (excluding diaryl/α,β-unsaturated/α-hetero) is 1. The maximum atomic E-state index is 12.8. The minimum absolute atomic E-state index is 0.0126. The monoisotopic (exact) mass is 293 g/mol. The Morgan fingerprint density at radius 3 is 2.55 bits per heavy atom. The summed E-state index contributed by atoms with van der Waals surface area (Å²) in [4.78, 5) is 26.2. The number of hydrogen-bond acceptors (Lipinski definition) is 4. The fraction of sp³-hybridized carbons (Fsp3) is 0.214. The van der Waals surface area contributed by atoms with Crippen molar-refractivity contribution in [3.05, 3.63) is 41.2 Å². The number of nitrogens with zero attached hydrogens (tertiary/aromatic N) is 1. The van der Waals surface area contributed by atoms with E-state index in [9.17, 15) is 14.0 Å². The second-order valence-electron chi connectivity index (χ2n) is 4.26. The molecule has 0 aliphatic rings. The minimum Gasteiger partial charge on any atom is -0.481 e. The molecule has 0 saturated heterocycles. The molecule has 4 nitrogen and oxygen atoms in total. The van der Waals surface area contributed by atoms with Crippen molar-refractivity contribution < 1.29 is 19.1 Å². The largest absolute Gasteiger partial charge is 0.481 e. The molecule has 104 valence electrons. The third-order valence-electron chi connectivity index (χ3n) is 2.64. The van der Waals surface area contributed by atoms with E-state index in [2.05, 4.69) is 4.98 Å². The van der Waals surface area contributed by atoms with Crippen LogP contribution in [0.2, 0.25) is 0 Å². The number of ketones is 1. The van der Waals surface area contributed by atoms with Gasteiger partial charge in [-0.2, -0.15) is 0 Å². The molecule has 0 spiro atoms. The minimum atomic E-state index is -0.983. The first-order valence-electron chi connectivity index (χ1n) is 5.98. The van der Waals surface area contributed by atoms with Crippen molar-refractivity contribution >= 4 is 23.1 Å². The highest BCUT2D eigenvalue weighted by Crippen LogP contribution is 2.24. The van der Waals surface area contributed by atoms with Crippen LogP contribution in [0.4, 0.5) is 4.39 Å². The van der Waals surface area contributed by atoms with Gasteiger partial charge in [0.15, 0.2) is 0 Å². The lowest BCUT2D eigenvalue weighted by molar-refractivity contribution is -0.138. The molecule has 1 aromatic heterocycles. The zero-order valence-electron chi connectivity index (χ0n) is 10.5. The summed E-state index contributed by atoms with van der Waals surface area (Å²) in [6, 6.07) is 5.97. The van der Waals surface area contributed by atoms with E-state index in [1.807, 2.05) is 0 Å². The summed E-state index contributed by atoms with van der Waals surface area (Å²) in [5, 5.41) is 11.0. The first-order valence-corrected chi connectivity index (χ1v) is 6.86. The highest BCUT2D eigenvalue weighted by molar-refractivity contribution is 7.13. The van der Waals surface area contributed by atoms with Gasteiger partial charge in [-0.25, -0.2) is 9.37 Å². The number of thiazole rings is 1. The van der Waals surface area contributed by atoms with E-state index in [4.69, 9.17) is 5.11 Å². The molecule has 0 bridgehead atoms. The quantitative estimate of drug-likeness (QED) is 0.889. The second kappa shape index (κ2) is 6.38. The van der Waals surface area contributed by atoms with E-state index in [0.29, 0.717) is 10.7 Å². The van der Waals surface area contributed by atoms with Crippen molar-refractivity contribution in [2.75, 3.05) is 0 Å². The molecule has 0 aliphatic carbocycles. The molecule has 1 aromatic carbocycles. The van der Waals surface area contributed by atoms with E-state index in [1.54, 1.807) is 17.5 Å². The molecule has 1 N–H and O–H groups in total. The molecule has 2 aromatic rings. The summed E-state index contributed by atoms with van der Waals surface area (Å²) in [5.74, 6) is -1.44. The normalized spacial score (nSPS) is 10.4. The summed E-state index contributed by atoms with van der Waals surface area (Å²) in [6.07, 6.45) is -0.0164. The van der Waals surface area contributed by atoms with E-state index >= 15 is 0 Å². The van der Waals surface area contributed by atoms with Crippen molar-refractivity contribution in [2.24, 2.45) is 0 Å². The van der Waals surface area contributed by atoms with Gasteiger partial charge in [-0.05, 0) is 24.3 Å². The molecule has 0 unspecified atom stereocenters. The fourth-order valence-electron chi connectivity index (χ4n) is 1.65. The summed E-state index contributed by atoms with van der Waals surface area (Å²) < 4.78 is 12.8. The number of benzene rings is 1. The zero-order chi connectivity index (χ0) is 14.5. The van der Waals surface area contributed by atoms with E-state index in [0.717, 1.165) is 5.56 Å². The van der Waals surface area contributed by atoms with Crippen LogP contribution in [0.1, 0.15) is 18.5 Å². The van der Waals surface area contributed by atoms with Gasteiger partial charge in [0.25, 0.3) is 0 Å². The van der Waals surface area contributed by atoms with Gasteiger partial charge in [-0.15, -0.1) is 11.3 Å². The van der Waals surface area contributed by atoms with Gasteiger partial charge in [0.05, 0.1) is 12.1 Å². The number of hydrogen-bond donors (Lipinski definition) is 1. The molecule has 0 amide bonds. The number of rotatable bonds is 6. The standard InChI is InChI=1S/C14H12FNO3S/c15-10-3-1-9(2-4-10)14-16-11(8-20-14)7-12(17)5-6-13(18)19/h1-4,8H,5-7H2,(H,18,19). The highest BCUT2D eigenvalue weighted by Gasteiger charge is 2.10. The van der Waals surface area contributed by atoms with Crippen LogP contribution in [-0.2, 0) is 16.0 Å². The first kappa shape index (κ1) is 14.3. The molecular formula is C14H12FNO3S. The van der Waals surface area contributed by atoms with Gasteiger partial charge >= 0.3 is 5.97 Å². The Morgan fingerprint density at radius 2 is 1.90 bits per heavy atom. The Kier molecular flexibility index (Phi) is 4.57. The predicted molar refractivity (Wildman–Crippen MR) is 73.1 cm³/mol. The average molecular weight is 293 g/mol. The second-order valence-corrected chi connectivity index (χ2v) is 5.12. The van der Waals surface area contributed by atoms with Crippen LogP contribution >= 0.6 is 11.3 Å². The van der Waals surface area contributed by atoms with Crippen LogP contribution in [0.3, 0.4) is 0 Å². The lowest BCUT2D eigenvalue weighted by atomic mass is 10.1. The molecule has 0 saturated carbocycles. The fourth-order valence-corrected chi connectivity index (χ4v) is 2.48. The maximum Gasteiger partial charge on any atom is 0.303 e. The molecule has 0 radical (unpaired) electrons. The molecule has 0 aliphatic heterocycles. The summed E-state index contributed by atoms with van der Waals surface area (Å²) >= 11 is 1.37.